The lowest BCUT2D eigenvalue weighted by atomic mass is 10.3. The number of rotatable bonds is 2. The molecule has 0 bridgehead atoms. The fraction of sp³-hybridized carbons (Fsp3) is 0.0909. The van der Waals surface area contributed by atoms with E-state index in [1.54, 1.807) is 0 Å². The predicted molar refractivity (Wildman–Crippen MR) is 67.4 cm³/mol. The molecular formula is C11H7ClF2N4O2. The summed E-state index contributed by atoms with van der Waals surface area (Å²) in [5, 5.41) is 3.01. The normalized spacial score (nSPS) is 15.2. The van der Waals surface area contributed by atoms with Crippen molar-refractivity contribution in [2.24, 2.45) is 0 Å². The van der Waals surface area contributed by atoms with E-state index in [1.807, 2.05) is 0 Å². The van der Waals surface area contributed by atoms with Gasteiger partial charge in [0.15, 0.2) is 11.5 Å². The van der Waals surface area contributed by atoms with Gasteiger partial charge >= 0.3 is 6.29 Å². The number of nitrogen functional groups attached to an aromatic ring is 1. The van der Waals surface area contributed by atoms with Gasteiger partial charge in [0.25, 0.3) is 0 Å². The van der Waals surface area contributed by atoms with E-state index in [-0.39, 0.29) is 22.6 Å². The van der Waals surface area contributed by atoms with Crippen molar-refractivity contribution >= 4 is 29.1 Å². The van der Waals surface area contributed by atoms with Gasteiger partial charge in [-0.05, 0) is 12.1 Å². The van der Waals surface area contributed by atoms with Gasteiger partial charge in [0.2, 0.25) is 5.95 Å². The van der Waals surface area contributed by atoms with Gasteiger partial charge in [-0.15, -0.1) is 8.78 Å². The first-order chi connectivity index (χ1) is 9.41. The monoisotopic (exact) mass is 300 g/mol. The first-order valence-electron chi connectivity index (χ1n) is 5.38. The average Bonchev–Trinajstić information content (AvgIpc) is 2.60. The second-order valence-electron chi connectivity index (χ2n) is 3.89. The smallest absolute Gasteiger partial charge is 0.395 e. The fourth-order valence-electron chi connectivity index (χ4n) is 1.67. The van der Waals surface area contributed by atoms with Crippen molar-refractivity contribution in [3.8, 4) is 11.5 Å². The Kier molecular flexibility index (Phi) is 2.75. The number of nitrogens with one attached hydrogen (secondary N) is 1. The molecule has 0 amide bonds. The number of benzene rings is 1. The summed E-state index contributed by atoms with van der Waals surface area (Å²) in [4.78, 5) is 7.60. The third-order valence-electron chi connectivity index (χ3n) is 2.39. The molecule has 3 N–H and O–H groups in total. The molecule has 0 atom stereocenters. The number of hydrogen-bond acceptors (Lipinski definition) is 6. The number of anilines is 3. The van der Waals surface area contributed by atoms with E-state index in [0.717, 1.165) is 0 Å². The topological polar surface area (TPSA) is 82.3 Å². The minimum absolute atomic E-state index is 0.00715. The highest BCUT2D eigenvalue weighted by Gasteiger charge is 2.43. The Morgan fingerprint density at radius 1 is 1.15 bits per heavy atom. The Balaban J connectivity index is 1.86. The molecule has 1 aromatic carbocycles. The molecule has 2 heterocycles. The van der Waals surface area contributed by atoms with Crippen LogP contribution < -0.4 is 20.5 Å². The van der Waals surface area contributed by atoms with E-state index in [1.165, 1.54) is 24.3 Å². The van der Waals surface area contributed by atoms with Crippen molar-refractivity contribution in [1.29, 1.82) is 0 Å². The summed E-state index contributed by atoms with van der Waals surface area (Å²) in [5.41, 5.74) is 5.91. The average molecular weight is 301 g/mol. The number of aromatic nitrogens is 2. The minimum Gasteiger partial charge on any atom is -0.395 e. The molecule has 0 unspecified atom stereocenters. The second-order valence-corrected chi connectivity index (χ2v) is 4.28. The summed E-state index contributed by atoms with van der Waals surface area (Å²) in [7, 11) is 0. The van der Waals surface area contributed by atoms with Gasteiger partial charge in [-0.25, -0.2) is 4.98 Å². The number of nitrogens with zero attached hydrogens (tertiary/aromatic N) is 2. The molecule has 1 aliphatic heterocycles. The van der Waals surface area contributed by atoms with Crippen LogP contribution in [0.5, 0.6) is 11.5 Å². The van der Waals surface area contributed by atoms with Gasteiger partial charge in [0, 0.05) is 17.8 Å². The summed E-state index contributed by atoms with van der Waals surface area (Å²) < 4.78 is 34.4. The van der Waals surface area contributed by atoms with Crippen molar-refractivity contribution in [2.75, 3.05) is 11.1 Å². The number of ether oxygens (including phenoxy) is 2. The van der Waals surface area contributed by atoms with Crippen molar-refractivity contribution in [3.63, 3.8) is 0 Å². The van der Waals surface area contributed by atoms with Crippen molar-refractivity contribution in [3.05, 3.63) is 29.4 Å². The van der Waals surface area contributed by atoms with Crippen LogP contribution in [-0.4, -0.2) is 16.3 Å². The number of hydrogen-bond donors (Lipinski definition) is 2. The van der Waals surface area contributed by atoms with E-state index in [9.17, 15) is 8.78 Å². The third-order valence-corrected chi connectivity index (χ3v) is 2.58. The molecule has 0 saturated carbocycles. The van der Waals surface area contributed by atoms with Gasteiger partial charge in [-0.1, -0.05) is 11.6 Å². The maximum Gasteiger partial charge on any atom is 0.586 e. The molecule has 0 radical (unpaired) electrons. The van der Waals surface area contributed by atoms with Crippen LogP contribution in [0.15, 0.2) is 24.3 Å². The molecule has 1 aliphatic rings. The molecule has 20 heavy (non-hydrogen) atoms. The molecule has 0 saturated heterocycles. The predicted octanol–water partition coefficient (Wildman–Crippen LogP) is 2.78. The summed E-state index contributed by atoms with van der Waals surface area (Å²) in [6, 6.07) is 5.67. The van der Waals surface area contributed by atoms with Crippen LogP contribution in [0.3, 0.4) is 0 Å². The number of alkyl halides is 2. The van der Waals surface area contributed by atoms with Crippen LogP contribution in [-0.2, 0) is 0 Å². The minimum atomic E-state index is -3.65. The SMILES string of the molecule is Nc1nc(Cl)cc(Nc2ccc3c(c2)OC(F)(F)O3)n1. The Bertz CT molecular complexity index is 663. The van der Waals surface area contributed by atoms with Crippen molar-refractivity contribution in [2.45, 2.75) is 6.29 Å². The van der Waals surface area contributed by atoms with Crippen LogP contribution in [0.2, 0.25) is 5.15 Å². The van der Waals surface area contributed by atoms with E-state index >= 15 is 0 Å². The molecule has 0 fully saturated rings. The summed E-state index contributed by atoms with van der Waals surface area (Å²) in [6.45, 7) is 0. The Morgan fingerprint density at radius 2 is 1.90 bits per heavy atom. The molecule has 0 aliphatic carbocycles. The highest BCUT2D eigenvalue weighted by molar-refractivity contribution is 6.29. The summed E-state index contributed by atoms with van der Waals surface area (Å²) in [5.74, 6) is 0.203. The van der Waals surface area contributed by atoms with Crippen LogP contribution in [0.25, 0.3) is 0 Å². The first kappa shape index (κ1) is 12.7. The lowest BCUT2D eigenvalue weighted by molar-refractivity contribution is -0.286. The lowest BCUT2D eigenvalue weighted by Crippen LogP contribution is -2.25. The number of nitrogens with two attached hydrogens (primary N) is 1. The zero-order valence-corrected chi connectivity index (χ0v) is 10.5. The zero-order valence-electron chi connectivity index (χ0n) is 9.73. The van der Waals surface area contributed by atoms with E-state index in [2.05, 4.69) is 24.8 Å². The second kappa shape index (κ2) is 4.34. The van der Waals surface area contributed by atoms with Crippen LogP contribution in [0.1, 0.15) is 0 Å². The quantitative estimate of drug-likeness (QED) is 0.830. The molecule has 3 rings (SSSR count). The van der Waals surface area contributed by atoms with Crippen LogP contribution >= 0.6 is 11.6 Å². The molecule has 2 aromatic rings. The van der Waals surface area contributed by atoms with Crippen LogP contribution in [0, 0.1) is 0 Å². The van der Waals surface area contributed by atoms with Gasteiger partial charge in [-0.3, -0.25) is 0 Å². The maximum atomic E-state index is 12.9. The molecule has 6 nitrogen and oxygen atoms in total. The molecular weight excluding hydrogens is 294 g/mol. The van der Waals surface area contributed by atoms with Crippen molar-refractivity contribution < 1.29 is 18.3 Å². The molecule has 0 spiro atoms. The summed E-state index contributed by atoms with van der Waals surface area (Å²) >= 11 is 5.73. The Morgan fingerprint density at radius 3 is 2.65 bits per heavy atom. The lowest BCUT2D eigenvalue weighted by Gasteiger charge is -2.07. The van der Waals surface area contributed by atoms with Gasteiger partial charge in [0.1, 0.15) is 11.0 Å². The van der Waals surface area contributed by atoms with Crippen LogP contribution in [0.4, 0.5) is 26.2 Å². The van der Waals surface area contributed by atoms with E-state index < -0.39 is 6.29 Å². The van der Waals surface area contributed by atoms with Gasteiger partial charge in [0.05, 0.1) is 0 Å². The highest BCUT2D eigenvalue weighted by Crippen LogP contribution is 2.42. The highest BCUT2D eigenvalue weighted by atomic mass is 35.5. The van der Waals surface area contributed by atoms with Gasteiger partial charge in [-0.2, -0.15) is 4.98 Å². The zero-order chi connectivity index (χ0) is 14.3. The third kappa shape index (κ3) is 2.50. The molecule has 1 aromatic heterocycles. The van der Waals surface area contributed by atoms with E-state index in [4.69, 9.17) is 17.3 Å². The standard InChI is InChI=1S/C11H7ClF2N4O2/c12-8-4-9(18-10(15)17-8)16-5-1-2-6-7(3-5)20-11(13,14)19-6/h1-4H,(H3,15,16,17,18). The fourth-order valence-corrected chi connectivity index (χ4v) is 1.86. The largest absolute Gasteiger partial charge is 0.586 e. The summed E-state index contributed by atoms with van der Waals surface area (Å²) in [6.07, 6.45) is -3.65. The number of halogens is 3. The maximum absolute atomic E-state index is 12.9. The van der Waals surface area contributed by atoms with E-state index in [0.29, 0.717) is 11.5 Å². The van der Waals surface area contributed by atoms with Crippen molar-refractivity contribution in [1.82, 2.24) is 9.97 Å². The Hall–Kier alpha value is -2.35. The van der Waals surface area contributed by atoms with Gasteiger partial charge < -0.3 is 20.5 Å². The molecule has 9 heteroatoms. The molecule has 104 valence electrons. The Labute approximate surface area is 116 Å². The number of fused-ring (bicyclic) bond motifs is 1. The first-order valence-corrected chi connectivity index (χ1v) is 5.76.